The second-order valence-electron chi connectivity index (χ2n) is 4.75. The highest BCUT2D eigenvalue weighted by atomic mass is 127. The van der Waals surface area contributed by atoms with Gasteiger partial charge in [-0.15, -0.1) is 0 Å². The first-order valence-corrected chi connectivity index (χ1v) is 6.63. The molecule has 0 saturated heterocycles. The van der Waals surface area contributed by atoms with Gasteiger partial charge in [0.15, 0.2) is 0 Å². The van der Waals surface area contributed by atoms with Gasteiger partial charge in [0.1, 0.15) is 0 Å². The Hall–Kier alpha value is -0.450. The molecule has 1 spiro atoms. The highest BCUT2D eigenvalue weighted by Crippen LogP contribution is 2.43. The zero-order valence-corrected chi connectivity index (χ0v) is 10.8. The topological polar surface area (TPSA) is 24.1 Å². The van der Waals surface area contributed by atoms with Crippen LogP contribution in [0.4, 0.5) is 11.4 Å². The number of hydrogen-bond donors (Lipinski definition) is 2. The molecule has 0 atom stereocenters. The second-order valence-corrected chi connectivity index (χ2v) is 6.00. The number of anilines is 2. The summed E-state index contributed by atoms with van der Waals surface area (Å²) in [5.41, 5.74) is 3.06. The van der Waals surface area contributed by atoms with E-state index in [1.54, 1.807) is 0 Å². The molecule has 2 nitrogen and oxygen atoms in total. The van der Waals surface area contributed by atoms with Crippen LogP contribution in [0.3, 0.4) is 0 Å². The Morgan fingerprint density at radius 2 is 1.80 bits per heavy atom. The van der Waals surface area contributed by atoms with Crippen molar-refractivity contribution in [3.05, 3.63) is 21.8 Å². The normalized spacial score (nSPS) is 21.9. The van der Waals surface area contributed by atoms with Crippen LogP contribution in [0, 0.1) is 8.99 Å². The van der Waals surface area contributed by atoms with Gasteiger partial charge in [-0.05, 0) is 53.6 Å². The average Bonchev–Trinajstić information content (AvgIpc) is 2.36. The van der Waals surface area contributed by atoms with Crippen LogP contribution in [0.25, 0.3) is 0 Å². The Balaban J connectivity index is 1.88. The van der Waals surface area contributed by atoms with Crippen molar-refractivity contribution in [3.8, 4) is 0 Å². The third kappa shape index (κ3) is 1.71. The van der Waals surface area contributed by atoms with E-state index in [0.717, 1.165) is 13.1 Å². The number of benzene rings is 1. The van der Waals surface area contributed by atoms with E-state index in [-0.39, 0.29) is 0 Å². The van der Waals surface area contributed by atoms with Crippen molar-refractivity contribution in [3.63, 3.8) is 0 Å². The lowest BCUT2D eigenvalue weighted by Crippen LogP contribution is -2.40. The van der Waals surface area contributed by atoms with Gasteiger partial charge in [0.05, 0.1) is 11.4 Å². The predicted octanol–water partition coefficient (Wildman–Crippen LogP) is 3.30. The molecule has 3 rings (SSSR count). The molecule has 0 radical (unpaired) electrons. The van der Waals surface area contributed by atoms with Gasteiger partial charge in [-0.1, -0.05) is 6.42 Å². The molecule has 0 unspecified atom stereocenters. The standard InChI is InChI=1S/C12H15IN2/c13-9-2-3-10-11(6-9)15-8-12(7-14-10)4-1-5-12/h2-3,6,14-15H,1,4-5,7-8H2. The molecular formula is C12H15IN2. The molecule has 1 aliphatic carbocycles. The van der Waals surface area contributed by atoms with Crippen LogP contribution in [-0.2, 0) is 0 Å². The summed E-state index contributed by atoms with van der Waals surface area (Å²) < 4.78 is 1.30. The SMILES string of the molecule is Ic1ccc2c(c1)NCC1(CCC1)CN2. The van der Waals surface area contributed by atoms with Crippen molar-refractivity contribution in [1.82, 2.24) is 0 Å². The van der Waals surface area contributed by atoms with Crippen molar-refractivity contribution < 1.29 is 0 Å². The first-order chi connectivity index (χ1) is 7.27. The van der Waals surface area contributed by atoms with Crippen LogP contribution in [0.15, 0.2) is 18.2 Å². The van der Waals surface area contributed by atoms with E-state index < -0.39 is 0 Å². The fraction of sp³-hybridized carbons (Fsp3) is 0.500. The summed E-state index contributed by atoms with van der Waals surface area (Å²) in [5.74, 6) is 0. The molecule has 1 fully saturated rings. The molecule has 2 N–H and O–H groups in total. The van der Waals surface area contributed by atoms with E-state index in [1.165, 1.54) is 34.2 Å². The number of rotatable bonds is 0. The maximum Gasteiger partial charge on any atom is 0.0586 e. The van der Waals surface area contributed by atoms with E-state index in [1.807, 2.05) is 0 Å². The third-order valence-electron chi connectivity index (χ3n) is 3.70. The molecule has 0 aromatic heterocycles. The van der Waals surface area contributed by atoms with Crippen molar-refractivity contribution in [2.24, 2.45) is 5.41 Å². The van der Waals surface area contributed by atoms with Gasteiger partial charge >= 0.3 is 0 Å². The first kappa shape index (κ1) is 9.75. The van der Waals surface area contributed by atoms with Crippen LogP contribution in [0.2, 0.25) is 0 Å². The van der Waals surface area contributed by atoms with Crippen LogP contribution in [0.1, 0.15) is 19.3 Å². The average molecular weight is 314 g/mol. The lowest BCUT2D eigenvalue weighted by molar-refractivity contribution is 0.171. The fourth-order valence-corrected chi connectivity index (χ4v) is 2.97. The zero-order chi connectivity index (χ0) is 10.3. The fourth-order valence-electron chi connectivity index (χ4n) is 2.48. The van der Waals surface area contributed by atoms with Gasteiger partial charge in [-0.3, -0.25) is 0 Å². The smallest absolute Gasteiger partial charge is 0.0586 e. The van der Waals surface area contributed by atoms with E-state index in [9.17, 15) is 0 Å². The monoisotopic (exact) mass is 314 g/mol. The summed E-state index contributed by atoms with van der Waals surface area (Å²) in [5, 5.41) is 7.17. The van der Waals surface area contributed by atoms with Crippen molar-refractivity contribution in [1.29, 1.82) is 0 Å². The van der Waals surface area contributed by atoms with Gasteiger partial charge in [0.2, 0.25) is 0 Å². The molecule has 3 heteroatoms. The Morgan fingerprint density at radius 3 is 2.47 bits per heavy atom. The Kier molecular flexibility index (Phi) is 2.30. The molecule has 1 aromatic rings. The minimum absolute atomic E-state index is 0.532. The quantitative estimate of drug-likeness (QED) is 0.718. The maximum absolute atomic E-state index is 3.59. The minimum Gasteiger partial charge on any atom is -0.383 e. The molecule has 1 saturated carbocycles. The Morgan fingerprint density at radius 1 is 1.07 bits per heavy atom. The van der Waals surface area contributed by atoms with E-state index >= 15 is 0 Å². The van der Waals surface area contributed by atoms with E-state index in [2.05, 4.69) is 51.4 Å². The van der Waals surface area contributed by atoms with E-state index in [4.69, 9.17) is 0 Å². The van der Waals surface area contributed by atoms with Crippen LogP contribution in [0.5, 0.6) is 0 Å². The molecule has 80 valence electrons. The summed E-state index contributed by atoms with van der Waals surface area (Å²) in [6, 6.07) is 6.56. The van der Waals surface area contributed by atoms with Gasteiger partial charge in [0, 0.05) is 22.1 Å². The molecule has 0 amide bonds. The molecule has 15 heavy (non-hydrogen) atoms. The number of fused-ring (bicyclic) bond motifs is 1. The molecule has 1 aromatic carbocycles. The number of halogens is 1. The highest BCUT2D eigenvalue weighted by Gasteiger charge is 2.37. The summed E-state index contributed by atoms with van der Waals surface area (Å²) in [6.07, 6.45) is 4.15. The molecular weight excluding hydrogens is 299 g/mol. The minimum atomic E-state index is 0.532. The second kappa shape index (κ2) is 3.54. The van der Waals surface area contributed by atoms with Crippen LogP contribution >= 0.6 is 22.6 Å². The summed E-state index contributed by atoms with van der Waals surface area (Å²) >= 11 is 2.36. The van der Waals surface area contributed by atoms with Crippen molar-refractivity contribution in [2.75, 3.05) is 23.7 Å². The number of nitrogens with one attached hydrogen (secondary N) is 2. The molecule has 2 aliphatic rings. The largest absolute Gasteiger partial charge is 0.383 e. The number of hydrogen-bond acceptors (Lipinski definition) is 2. The van der Waals surface area contributed by atoms with Gasteiger partial charge in [-0.25, -0.2) is 0 Å². The third-order valence-corrected chi connectivity index (χ3v) is 4.37. The van der Waals surface area contributed by atoms with Crippen LogP contribution in [-0.4, -0.2) is 13.1 Å². The first-order valence-electron chi connectivity index (χ1n) is 5.55. The lowest BCUT2D eigenvalue weighted by Gasteiger charge is -2.41. The van der Waals surface area contributed by atoms with Crippen LogP contribution < -0.4 is 10.6 Å². The van der Waals surface area contributed by atoms with Gasteiger partial charge in [0.25, 0.3) is 0 Å². The summed E-state index contributed by atoms with van der Waals surface area (Å²) in [7, 11) is 0. The lowest BCUT2D eigenvalue weighted by atomic mass is 9.69. The Bertz CT molecular complexity index is 385. The van der Waals surface area contributed by atoms with E-state index in [0.29, 0.717) is 5.41 Å². The Labute approximate surface area is 104 Å². The summed E-state index contributed by atoms with van der Waals surface area (Å²) in [4.78, 5) is 0. The highest BCUT2D eigenvalue weighted by molar-refractivity contribution is 14.1. The predicted molar refractivity (Wildman–Crippen MR) is 72.4 cm³/mol. The van der Waals surface area contributed by atoms with Gasteiger partial charge in [-0.2, -0.15) is 0 Å². The zero-order valence-electron chi connectivity index (χ0n) is 8.65. The molecule has 0 bridgehead atoms. The molecule has 1 aliphatic heterocycles. The summed E-state index contributed by atoms with van der Waals surface area (Å²) in [6.45, 7) is 2.26. The van der Waals surface area contributed by atoms with Crippen molar-refractivity contribution in [2.45, 2.75) is 19.3 Å². The van der Waals surface area contributed by atoms with Gasteiger partial charge < -0.3 is 10.6 Å². The molecule has 1 heterocycles. The van der Waals surface area contributed by atoms with Crippen molar-refractivity contribution >= 4 is 34.0 Å². The maximum atomic E-state index is 3.59.